The van der Waals surface area contributed by atoms with Gasteiger partial charge in [-0.1, -0.05) is 5.16 Å². The molecule has 0 unspecified atom stereocenters. The number of aromatic nitrogens is 3. The number of oxime groups is 1. The number of imidazole rings is 1. The third-order valence-electron chi connectivity index (χ3n) is 4.37. The van der Waals surface area contributed by atoms with Gasteiger partial charge in [0.2, 0.25) is 5.95 Å². The number of thioether (sulfide) groups is 1. The van der Waals surface area contributed by atoms with Crippen molar-refractivity contribution in [1.29, 1.82) is 0 Å². The molecular weight excluding hydrogens is 443 g/mol. The minimum atomic E-state index is -4.32. The van der Waals surface area contributed by atoms with Crippen molar-refractivity contribution in [2.24, 2.45) is 12.2 Å². The molecule has 0 bridgehead atoms. The Morgan fingerprint density at radius 2 is 1.84 bits per heavy atom. The SMILES string of the molecule is Cn1c(Nc2ccc(SC(F)(F)F)cc2)nc2cc(Oc3ccnc(/C=N/O)c3)ccc21. The maximum absolute atomic E-state index is 12.5. The molecule has 11 heteroatoms. The van der Waals surface area contributed by atoms with Gasteiger partial charge < -0.3 is 19.8 Å². The van der Waals surface area contributed by atoms with Crippen LogP contribution in [0.3, 0.4) is 0 Å². The molecule has 0 aliphatic carbocycles. The number of pyridine rings is 1. The van der Waals surface area contributed by atoms with E-state index in [0.29, 0.717) is 34.3 Å². The van der Waals surface area contributed by atoms with Gasteiger partial charge in [0.25, 0.3) is 0 Å². The highest BCUT2D eigenvalue weighted by molar-refractivity contribution is 8.00. The second-order valence-corrected chi connectivity index (χ2v) is 7.74. The molecule has 0 atom stereocenters. The molecule has 0 spiro atoms. The highest BCUT2D eigenvalue weighted by Crippen LogP contribution is 2.37. The van der Waals surface area contributed by atoms with E-state index in [2.05, 4.69) is 20.4 Å². The van der Waals surface area contributed by atoms with E-state index in [0.717, 1.165) is 5.52 Å². The summed E-state index contributed by atoms with van der Waals surface area (Å²) in [4.78, 5) is 8.70. The third kappa shape index (κ3) is 5.11. The zero-order valence-electron chi connectivity index (χ0n) is 16.5. The Balaban J connectivity index is 1.53. The summed E-state index contributed by atoms with van der Waals surface area (Å²) in [5.74, 6) is 1.59. The molecular formula is C21H16F3N5O2S. The van der Waals surface area contributed by atoms with Gasteiger partial charge in [-0.25, -0.2) is 4.98 Å². The summed E-state index contributed by atoms with van der Waals surface area (Å²) in [7, 11) is 1.83. The van der Waals surface area contributed by atoms with E-state index < -0.39 is 5.51 Å². The highest BCUT2D eigenvalue weighted by atomic mass is 32.2. The number of ether oxygens (including phenoxy) is 1. The van der Waals surface area contributed by atoms with Crippen molar-refractivity contribution in [3.8, 4) is 11.5 Å². The third-order valence-corrected chi connectivity index (χ3v) is 5.11. The fraction of sp³-hybridized carbons (Fsp3) is 0.0952. The Hall–Kier alpha value is -3.73. The maximum atomic E-state index is 12.5. The summed E-state index contributed by atoms with van der Waals surface area (Å²) >= 11 is -0.158. The number of benzene rings is 2. The molecule has 2 N–H and O–H groups in total. The number of alkyl halides is 3. The largest absolute Gasteiger partial charge is 0.457 e. The number of hydrogen-bond donors (Lipinski definition) is 2. The predicted molar refractivity (Wildman–Crippen MR) is 116 cm³/mol. The van der Waals surface area contributed by atoms with Crippen molar-refractivity contribution >= 4 is 40.6 Å². The lowest BCUT2D eigenvalue weighted by Gasteiger charge is -2.08. The molecule has 0 radical (unpaired) electrons. The Bertz CT molecular complexity index is 1270. The van der Waals surface area contributed by atoms with Crippen LogP contribution in [0.15, 0.2) is 70.8 Å². The van der Waals surface area contributed by atoms with Crippen molar-refractivity contribution in [2.75, 3.05) is 5.32 Å². The molecule has 0 fully saturated rings. The first kappa shape index (κ1) is 21.5. The summed E-state index contributed by atoms with van der Waals surface area (Å²) < 4.78 is 45.1. The Morgan fingerprint density at radius 1 is 1.09 bits per heavy atom. The first-order valence-electron chi connectivity index (χ1n) is 9.21. The van der Waals surface area contributed by atoms with Crippen molar-refractivity contribution in [3.63, 3.8) is 0 Å². The molecule has 0 amide bonds. The van der Waals surface area contributed by atoms with E-state index in [1.807, 2.05) is 17.7 Å². The lowest BCUT2D eigenvalue weighted by Crippen LogP contribution is -2.00. The summed E-state index contributed by atoms with van der Waals surface area (Å²) in [6, 6.07) is 14.6. The van der Waals surface area contributed by atoms with Crippen molar-refractivity contribution in [3.05, 3.63) is 66.5 Å². The smallest absolute Gasteiger partial charge is 0.446 e. The Morgan fingerprint density at radius 3 is 2.56 bits per heavy atom. The Labute approximate surface area is 184 Å². The quantitative estimate of drug-likeness (QED) is 0.161. The summed E-state index contributed by atoms with van der Waals surface area (Å²) in [5.41, 5.74) is -1.76. The van der Waals surface area contributed by atoms with Crippen molar-refractivity contribution in [2.45, 2.75) is 10.4 Å². The number of fused-ring (bicyclic) bond motifs is 1. The molecule has 2 aromatic heterocycles. The zero-order valence-corrected chi connectivity index (χ0v) is 17.4. The number of nitrogens with one attached hydrogen (secondary N) is 1. The van der Waals surface area contributed by atoms with E-state index in [4.69, 9.17) is 9.94 Å². The summed E-state index contributed by atoms with van der Waals surface area (Å²) in [6.07, 6.45) is 2.73. The van der Waals surface area contributed by atoms with Crippen LogP contribution < -0.4 is 10.1 Å². The van der Waals surface area contributed by atoms with E-state index in [9.17, 15) is 13.2 Å². The first-order chi connectivity index (χ1) is 15.3. The average Bonchev–Trinajstić information content (AvgIpc) is 3.04. The van der Waals surface area contributed by atoms with Crippen LogP contribution in [0.4, 0.5) is 24.8 Å². The number of halogens is 3. The van der Waals surface area contributed by atoms with Gasteiger partial charge in [0.05, 0.1) is 22.9 Å². The monoisotopic (exact) mass is 459 g/mol. The van der Waals surface area contributed by atoms with E-state index in [-0.39, 0.29) is 16.7 Å². The minimum Gasteiger partial charge on any atom is -0.457 e. The molecule has 0 saturated heterocycles. The molecule has 2 heterocycles. The van der Waals surface area contributed by atoms with E-state index in [1.54, 1.807) is 36.4 Å². The van der Waals surface area contributed by atoms with Gasteiger partial charge in [0.1, 0.15) is 11.5 Å². The maximum Gasteiger partial charge on any atom is 0.446 e. The Kier molecular flexibility index (Phi) is 5.91. The standard InChI is InChI=1S/C21H16F3N5O2S/c1-29-19-7-4-15(31-16-8-9-25-14(10-16)12-26-30)11-18(19)28-20(29)27-13-2-5-17(6-3-13)32-21(22,23)24/h2-12,30H,1H3,(H,27,28)/b26-12+. The van der Waals surface area contributed by atoms with Gasteiger partial charge >= 0.3 is 5.51 Å². The fourth-order valence-electron chi connectivity index (χ4n) is 2.98. The summed E-state index contributed by atoms with van der Waals surface area (Å²) in [6.45, 7) is 0. The van der Waals surface area contributed by atoms with Crippen LogP contribution in [0.25, 0.3) is 11.0 Å². The molecule has 32 heavy (non-hydrogen) atoms. The molecule has 0 aliphatic rings. The average molecular weight is 459 g/mol. The zero-order chi connectivity index (χ0) is 22.7. The molecule has 7 nitrogen and oxygen atoms in total. The van der Waals surface area contributed by atoms with Gasteiger partial charge in [-0.3, -0.25) is 4.98 Å². The van der Waals surface area contributed by atoms with Crippen LogP contribution in [-0.4, -0.2) is 31.5 Å². The number of aryl methyl sites for hydroxylation is 1. The topological polar surface area (TPSA) is 84.6 Å². The molecule has 0 saturated carbocycles. The molecule has 0 aliphatic heterocycles. The van der Waals surface area contributed by atoms with E-state index >= 15 is 0 Å². The molecule has 164 valence electrons. The second kappa shape index (κ2) is 8.79. The second-order valence-electron chi connectivity index (χ2n) is 6.61. The molecule has 4 aromatic rings. The predicted octanol–water partition coefficient (Wildman–Crippen LogP) is 5.92. The van der Waals surface area contributed by atoms with Crippen molar-refractivity contribution < 1.29 is 23.1 Å². The van der Waals surface area contributed by atoms with Crippen LogP contribution in [0.1, 0.15) is 5.69 Å². The van der Waals surface area contributed by atoms with Crippen LogP contribution in [0.2, 0.25) is 0 Å². The van der Waals surface area contributed by atoms with Crippen LogP contribution in [-0.2, 0) is 7.05 Å². The van der Waals surface area contributed by atoms with Crippen LogP contribution in [0, 0.1) is 0 Å². The van der Waals surface area contributed by atoms with Gasteiger partial charge in [-0.15, -0.1) is 0 Å². The normalized spacial score (nSPS) is 11.9. The first-order valence-corrected chi connectivity index (χ1v) is 10.0. The molecule has 2 aromatic carbocycles. The lowest BCUT2D eigenvalue weighted by atomic mass is 10.3. The van der Waals surface area contributed by atoms with Gasteiger partial charge in [-0.2, -0.15) is 13.2 Å². The van der Waals surface area contributed by atoms with Crippen LogP contribution in [0.5, 0.6) is 11.5 Å². The van der Waals surface area contributed by atoms with Gasteiger partial charge in [0.15, 0.2) is 0 Å². The fourth-order valence-corrected chi connectivity index (χ4v) is 3.52. The van der Waals surface area contributed by atoms with Crippen LogP contribution >= 0.6 is 11.8 Å². The number of nitrogens with zero attached hydrogens (tertiary/aromatic N) is 4. The number of anilines is 2. The van der Waals surface area contributed by atoms with Crippen molar-refractivity contribution in [1.82, 2.24) is 14.5 Å². The number of hydrogen-bond acceptors (Lipinski definition) is 7. The molecule has 4 rings (SSSR count). The minimum absolute atomic E-state index is 0.111. The van der Waals surface area contributed by atoms with Gasteiger partial charge in [0, 0.05) is 36.0 Å². The lowest BCUT2D eigenvalue weighted by molar-refractivity contribution is -0.0328. The number of rotatable bonds is 6. The highest BCUT2D eigenvalue weighted by Gasteiger charge is 2.29. The van der Waals surface area contributed by atoms with E-state index in [1.165, 1.54) is 24.5 Å². The van der Waals surface area contributed by atoms with Gasteiger partial charge in [-0.05, 0) is 54.2 Å². The summed E-state index contributed by atoms with van der Waals surface area (Å²) in [5, 5.41) is 14.7.